The molecule has 6 nitrogen and oxygen atoms in total. The van der Waals surface area contributed by atoms with E-state index in [9.17, 15) is 13.2 Å². The summed E-state index contributed by atoms with van der Waals surface area (Å²) in [6.45, 7) is 0. The number of hydrogen-bond acceptors (Lipinski definition) is 4. The van der Waals surface area contributed by atoms with Crippen molar-refractivity contribution in [2.45, 2.75) is 17.4 Å². The van der Waals surface area contributed by atoms with Crippen molar-refractivity contribution < 1.29 is 18.3 Å². The van der Waals surface area contributed by atoms with Gasteiger partial charge in [-0.25, -0.2) is 8.42 Å². The van der Waals surface area contributed by atoms with Crippen LogP contribution in [0.4, 0.5) is 5.69 Å². The van der Waals surface area contributed by atoms with Gasteiger partial charge in [0.2, 0.25) is 0 Å². The van der Waals surface area contributed by atoms with Crippen LogP contribution in [0, 0.1) is 0 Å². The van der Waals surface area contributed by atoms with Crippen molar-refractivity contribution in [3.8, 4) is 0 Å². The predicted octanol–water partition coefficient (Wildman–Crippen LogP) is 1.44. The molecule has 7 heteroatoms. The lowest BCUT2D eigenvalue weighted by Crippen LogP contribution is -2.32. The molecule has 0 heterocycles. The Morgan fingerprint density at radius 2 is 1.82 bits per heavy atom. The molecular weight excluding hydrogens is 304 g/mol. The van der Waals surface area contributed by atoms with E-state index in [1.807, 2.05) is 0 Å². The summed E-state index contributed by atoms with van der Waals surface area (Å²) in [5, 5.41) is 8.81. The van der Waals surface area contributed by atoms with Crippen molar-refractivity contribution in [2.24, 2.45) is 5.73 Å². The third-order valence-electron chi connectivity index (χ3n) is 3.01. The second kappa shape index (κ2) is 6.59. The van der Waals surface area contributed by atoms with Crippen LogP contribution in [0.25, 0.3) is 0 Å². The average molecular weight is 320 g/mol. The van der Waals surface area contributed by atoms with Gasteiger partial charge in [-0.2, -0.15) is 0 Å². The fraction of sp³-hybridized carbons (Fsp3) is 0.133. The first-order valence-electron chi connectivity index (χ1n) is 6.54. The van der Waals surface area contributed by atoms with Crippen LogP contribution in [0.2, 0.25) is 0 Å². The Kier molecular flexibility index (Phi) is 4.79. The van der Waals surface area contributed by atoms with Crippen molar-refractivity contribution in [2.75, 3.05) is 4.72 Å². The molecule has 0 amide bonds. The lowest BCUT2D eigenvalue weighted by molar-refractivity contribution is -0.138. The molecule has 0 unspecified atom stereocenters. The van der Waals surface area contributed by atoms with Crippen LogP contribution in [0.15, 0.2) is 59.5 Å². The van der Waals surface area contributed by atoms with Crippen LogP contribution in [0.1, 0.15) is 5.56 Å². The van der Waals surface area contributed by atoms with E-state index >= 15 is 0 Å². The Balaban J connectivity index is 2.19. The van der Waals surface area contributed by atoms with Gasteiger partial charge >= 0.3 is 5.97 Å². The minimum Gasteiger partial charge on any atom is -0.480 e. The molecule has 0 radical (unpaired) electrons. The Morgan fingerprint density at radius 3 is 2.45 bits per heavy atom. The Hall–Kier alpha value is -2.38. The van der Waals surface area contributed by atoms with E-state index < -0.39 is 22.0 Å². The quantitative estimate of drug-likeness (QED) is 0.746. The molecule has 0 bridgehead atoms. The van der Waals surface area contributed by atoms with Crippen LogP contribution in [-0.4, -0.2) is 25.5 Å². The summed E-state index contributed by atoms with van der Waals surface area (Å²) in [6.07, 6.45) is 0.121. The largest absolute Gasteiger partial charge is 0.480 e. The third-order valence-corrected chi connectivity index (χ3v) is 4.40. The molecule has 0 aliphatic heterocycles. The molecular formula is C15H16N2O4S. The molecule has 22 heavy (non-hydrogen) atoms. The number of aliphatic carboxylic acids is 1. The van der Waals surface area contributed by atoms with Gasteiger partial charge in [0.25, 0.3) is 10.0 Å². The number of carboxylic acid groups (broad SMARTS) is 1. The van der Waals surface area contributed by atoms with Gasteiger partial charge in [-0.05, 0) is 36.2 Å². The van der Waals surface area contributed by atoms with Crippen LogP contribution < -0.4 is 10.5 Å². The smallest absolute Gasteiger partial charge is 0.320 e. The number of hydrogen-bond donors (Lipinski definition) is 3. The van der Waals surface area contributed by atoms with Gasteiger partial charge in [-0.3, -0.25) is 9.52 Å². The standard InChI is InChI=1S/C15H16N2O4S/c16-14(15(18)19)10-11-5-4-6-12(9-11)17-22(20,21)13-7-2-1-3-8-13/h1-9,14,17H,10,16H2,(H,18,19)/t14-/m0/s1. The van der Waals surface area contributed by atoms with Gasteiger partial charge in [0, 0.05) is 5.69 Å². The SMILES string of the molecule is N[C@@H](Cc1cccc(NS(=O)(=O)c2ccccc2)c1)C(=O)O. The van der Waals surface area contributed by atoms with E-state index in [0.717, 1.165) is 0 Å². The van der Waals surface area contributed by atoms with Crippen LogP contribution >= 0.6 is 0 Å². The van der Waals surface area contributed by atoms with E-state index in [1.54, 1.807) is 42.5 Å². The number of nitrogens with one attached hydrogen (secondary N) is 1. The highest BCUT2D eigenvalue weighted by atomic mass is 32.2. The zero-order valence-electron chi connectivity index (χ0n) is 11.6. The second-order valence-corrected chi connectivity index (χ2v) is 6.45. The fourth-order valence-electron chi connectivity index (χ4n) is 1.92. The molecule has 0 aliphatic carbocycles. The molecule has 0 aliphatic rings. The van der Waals surface area contributed by atoms with Crippen molar-refractivity contribution in [3.05, 3.63) is 60.2 Å². The highest BCUT2D eigenvalue weighted by molar-refractivity contribution is 7.92. The Labute approximate surface area is 128 Å². The van der Waals surface area contributed by atoms with Gasteiger partial charge in [-0.15, -0.1) is 0 Å². The maximum Gasteiger partial charge on any atom is 0.320 e. The summed E-state index contributed by atoms with van der Waals surface area (Å²) in [5.41, 5.74) is 6.48. The number of rotatable bonds is 6. The lowest BCUT2D eigenvalue weighted by Gasteiger charge is -2.11. The molecule has 116 valence electrons. The average Bonchev–Trinajstić information content (AvgIpc) is 2.48. The topological polar surface area (TPSA) is 109 Å². The normalized spacial score (nSPS) is 12.6. The summed E-state index contributed by atoms with van der Waals surface area (Å²) in [5.74, 6) is -1.10. The zero-order chi connectivity index (χ0) is 16.2. The number of nitrogens with two attached hydrogens (primary N) is 1. The van der Waals surface area contributed by atoms with E-state index in [-0.39, 0.29) is 11.3 Å². The Morgan fingerprint density at radius 1 is 1.14 bits per heavy atom. The van der Waals surface area contributed by atoms with E-state index in [0.29, 0.717) is 11.3 Å². The summed E-state index contributed by atoms with van der Waals surface area (Å²) in [7, 11) is -3.67. The van der Waals surface area contributed by atoms with Crippen molar-refractivity contribution in [1.29, 1.82) is 0 Å². The molecule has 2 aromatic rings. The first kappa shape index (κ1) is 16.0. The fourth-order valence-corrected chi connectivity index (χ4v) is 2.99. The highest BCUT2D eigenvalue weighted by Crippen LogP contribution is 2.17. The molecule has 0 aromatic heterocycles. The minimum absolute atomic E-state index is 0.121. The second-order valence-electron chi connectivity index (χ2n) is 4.77. The van der Waals surface area contributed by atoms with Crippen LogP contribution in [0.5, 0.6) is 0 Å². The number of carboxylic acids is 1. The number of sulfonamides is 1. The Bertz CT molecular complexity index is 760. The third kappa shape index (κ3) is 4.06. The van der Waals surface area contributed by atoms with Gasteiger partial charge in [0.15, 0.2) is 0 Å². The van der Waals surface area contributed by atoms with E-state index in [1.165, 1.54) is 12.1 Å². The minimum atomic E-state index is -3.67. The summed E-state index contributed by atoms with van der Waals surface area (Å²) in [4.78, 5) is 10.9. The lowest BCUT2D eigenvalue weighted by atomic mass is 10.1. The monoisotopic (exact) mass is 320 g/mol. The molecule has 0 fully saturated rings. The summed E-state index contributed by atoms with van der Waals surface area (Å²) < 4.78 is 26.9. The first-order chi connectivity index (χ1) is 10.4. The number of anilines is 1. The van der Waals surface area contributed by atoms with Crippen molar-refractivity contribution in [1.82, 2.24) is 0 Å². The summed E-state index contributed by atoms with van der Waals surface area (Å²) in [6, 6.07) is 13.5. The maximum absolute atomic E-state index is 12.2. The predicted molar refractivity (Wildman–Crippen MR) is 83.0 cm³/mol. The van der Waals surface area contributed by atoms with Gasteiger partial charge in [-0.1, -0.05) is 30.3 Å². The summed E-state index contributed by atoms with van der Waals surface area (Å²) >= 11 is 0. The van der Waals surface area contributed by atoms with Gasteiger partial charge < -0.3 is 10.8 Å². The van der Waals surface area contributed by atoms with Crippen molar-refractivity contribution >= 4 is 21.7 Å². The molecule has 0 spiro atoms. The molecule has 2 aromatic carbocycles. The van der Waals surface area contributed by atoms with Crippen LogP contribution in [-0.2, 0) is 21.2 Å². The molecule has 2 rings (SSSR count). The molecule has 0 saturated heterocycles. The molecule has 0 saturated carbocycles. The van der Waals surface area contributed by atoms with Gasteiger partial charge in [0.1, 0.15) is 6.04 Å². The molecule has 4 N–H and O–H groups in total. The number of benzene rings is 2. The maximum atomic E-state index is 12.2. The molecule has 1 atom stereocenters. The van der Waals surface area contributed by atoms with E-state index in [4.69, 9.17) is 10.8 Å². The zero-order valence-corrected chi connectivity index (χ0v) is 12.5. The van der Waals surface area contributed by atoms with Gasteiger partial charge in [0.05, 0.1) is 4.90 Å². The van der Waals surface area contributed by atoms with E-state index in [2.05, 4.69) is 4.72 Å². The highest BCUT2D eigenvalue weighted by Gasteiger charge is 2.15. The van der Waals surface area contributed by atoms with Crippen LogP contribution in [0.3, 0.4) is 0 Å². The number of carbonyl (C=O) groups is 1. The van der Waals surface area contributed by atoms with Crippen molar-refractivity contribution in [3.63, 3.8) is 0 Å². The first-order valence-corrected chi connectivity index (χ1v) is 8.02.